The number of nitrogens with one attached hydrogen (secondary N) is 1. The monoisotopic (exact) mass is 297 g/mol. The van der Waals surface area contributed by atoms with E-state index in [9.17, 15) is 9.18 Å². The van der Waals surface area contributed by atoms with Crippen LogP contribution in [0, 0.1) is 5.82 Å². The van der Waals surface area contributed by atoms with E-state index in [1.54, 1.807) is 12.1 Å². The molecule has 0 aromatic heterocycles. The van der Waals surface area contributed by atoms with Gasteiger partial charge in [-0.3, -0.25) is 0 Å². The molecule has 0 saturated carbocycles. The Bertz CT molecular complexity index is 483. The van der Waals surface area contributed by atoms with Gasteiger partial charge in [-0.2, -0.15) is 0 Å². The molecule has 1 aromatic carbocycles. The van der Waals surface area contributed by atoms with Crippen LogP contribution in [0.3, 0.4) is 0 Å². The first-order chi connectivity index (χ1) is 9.74. The van der Waals surface area contributed by atoms with E-state index in [0.29, 0.717) is 24.9 Å². The second-order valence-corrected chi connectivity index (χ2v) is 6.07. The van der Waals surface area contributed by atoms with E-state index in [-0.39, 0.29) is 11.3 Å². The summed E-state index contributed by atoms with van der Waals surface area (Å²) < 4.78 is 19.4. The van der Waals surface area contributed by atoms with Crippen molar-refractivity contribution in [3.8, 4) is 5.75 Å². The highest BCUT2D eigenvalue weighted by Gasteiger charge is 2.22. The zero-order valence-electron chi connectivity index (χ0n) is 13.1. The van der Waals surface area contributed by atoms with Gasteiger partial charge < -0.3 is 15.2 Å². The molecule has 118 valence electrons. The maximum Gasteiger partial charge on any atom is 0.344 e. The Morgan fingerprint density at radius 1 is 1.43 bits per heavy atom. The average Bonchev–Trinajstić information content (AvgIpc) is 2.37. The third-order valence-electron chi connectivity index (χ3n) is 2.94. The van der Waals surface area contributed by atoms with Gasteiger partial charge in [-0.1, -0.05) is 25.5 Å². The van der Waals surface area contributed by atoms with E-state index in [0.717, 1.165) is 0 Å². The number of aliphatic carboxylic acids is 1. The molecule has 4 nitrogen and oxygen atoms in total. The summed E-state index contributed by atoms with van der Waals surface area (Å²) in [5.74, 6) is -1.59. The second kappa shape index (κ2) is 7.41. The van der Waals surface area contributed by atoms with E-state index < -0.39 is 17.9 Å². The molecule has 1 rings (SSSR count). The lowest BCUT2D eigenvalue weighted by molar-refractivity contribution is -0.145. The standard InChI is InChI=1S/C16H24FNO3/c1-5-7-13(15(19)20)21-14-11(8-6-9-12(14)17)10-18-16(2,3)4/h6,8-9,13,18H,5,7,10H2,1-4H3,(H,19,20). The van der Waals surface area contributed by atoms with Crippen LogP contribution >= 0.6 is 0 Å². The average molecular weight is 297 g/mol. The molecular formula is C16H24FNO3. The van der Waals surface area contributed by atoms with Crippen LogP contribution in [0.25, 0.3) is 0 Å². The minimum Gasteiger partial charge on any atom is -0.479 e. The Labute approximate surface area is 125 Å². The van der Waals surface area contributed by atoms with Crippen LogP contribution in [0.2, 0.25) is 0 Å². The molecule has 0 heterocycles. The quantitative estimate of drug-likeness (QED) is 0.810. The zero-order valence-corrected chi connectivity index (χ0v) is 13.1. The van der Waals surface area contributed by atoms with Gasteiger partial charge in [-0.05, 0) is 33.3 Å². The molecule has 5 heteroatoms. The topological polar surface area (TPSA) is 58.6 Å². The fourth-order valence-electron chi connectivity index (χ4n) is 1.82. The molecule has 0 aliphatic heterocycles. The number of halogens is 1. The van der Waals surface area contributed by atoms with Crippen molar-refractivity contribution in [1.29, 1.82) is 0 Å². The molecule has 0 bridgehead atoms. The predicted octanol–water partition coefficient (Wildman–Crippen LogP) is 3.35. The van der Waals surface area contributed by atoms with Gasteiger partial charge in [0.2, 0.25) is 0 Å². The van der Waals surface area contributed by atoms with Crippen LogP contribution in [0.4, 0.5) is 4.39 Å². The first-order valence-corrected chi connectivity index (χ1v) is 7.16. The first kappa shape index (κ1) is 17.4. The highest BCUT2D eigenvalue weighted by atomic mass is 19.1. The third kappa shape index (κ3) is 5.71. The molecular weight excluding hydrogens is 273 g/mol. The minimum atomic E-state index is -1.07. The molecule has 21 heavy (non-hydrogen) atoms. The van der Waals surface area contributed by atoms with Gasteiger partial charge in [0.05, 0.1) is 0 Å². The highest BCUT2D eigenvalue weighted by Crippen LogP contribution is 2.25. The van der Waals surface area contributed by atoms with Crippen LogP contribution in [0.1, 0.15) is 46.1 Å². The lowest BCUT2D eigenvalue weighted by Gasteiger charge is -2.23. The Balaban J connectivity index is 2.96. The van der Waals surface area contributed by atoms with Gasteiger partial charge in [0, 0.05) is 17.6 Å². The van der Waals surface area contributed by atoms with Crippen molar-refractivity contribution in [2.45, 2.75) is 58.7 Å². The normalized spacial score (nSPS) is 13.0. The third-order valence-corrected chi connectivity index (χ3v) is 2.94. The first-order valence-electron chi connectivity index (χ1n) is 7.16. The lowest BCUT2D eigenvalue weighted by atomic mass is 10.1. The van der Waals surface area contributed by atoms with Crippen molar-refractivity contribution < 1.29 is 19.0 Å². The number of hydrogen-bond acceptors (Lipinski definition) is 3. The van der Waals surface area contributed by atoms with Gasteiger partial charge in [-0.25, -0.2) is 9.18 Å². The van der Waals surface area contributed by atoms with Crippen molar-refractivity contribution in [1.82, 2.24) is 5.32 Å². The summed E-state index contributed by atoms with van der Waals surface area (Å²) in [4.78, 5) is 11.2. The molecule has 0 aliphatic rings. The molecule has 1 unspecified atom stereocenters. The summed E-state index contributed by atoms with van der Waals surface area (Å²) >= 11 is 0. The zero-order chi connectivity index (χ0) is 16.0. The van der Waals surface area contributed by atoms with Crippen molar-refractivity contribution >= 4 is 5.97 Å². The van der Waals surface area contributed by atoms with Crippen molar-refractivity contribution in [3.05, 3.63) is 29.6 Å². The van der Waals surface area contributed by atoms with Gasteiger partial charge in [0.25, 0.3) is 0 Å². The van der Waals surface area contributed by atoms with Gasteiger partial charge in [0.15, 0.2) is 17.7 Å². The molecule has 1 atom stereocenters. The van der Waals surface area contributed by atoms with Crippen LogP contribution in [-0.4, -0.2) is 22.7 Å². The summed E-state index contributed by atoms with van der Waals surface area (Å²) in [7, 11) is 0. The number of ether oxygens (including phenoxy) is 1. The van der Waals surface area contributed by atoms with E-state index in [1.807, 2.05) is 27.7 Å². The van der Waals surface area contributed by atoms with Crippen LogP contribution in [0.15, 0.2) is 18.2 Å². The summed E-state index contributed by atoms with van der Waals surface area (Å²) in [6.45, 7) is 8.29. The number of rotatable bonds is 7. The molecule has 1 aromatic rings. The number of para-hydroxylation sites is 1. The fraction of sp³-hybridized carbons (Fsp3) is 0.562. The summed E-state index contributed by atoms with van der Waals surface area (Å²) in [5, 5.41) is 12.4. The van der Waals surface area contributed by atoms with Crippen LogP contribution in [0.5, 0.6) is 5.75 Å². The molecule has 2 N–H and O–H groups in total. The Morgan fingerprint density at radius 3 is 2.62 bits per heavy atom. The molecule has 0 aliphatic carbocycles. The maximum atomic E-state index is 14.0. The Morgan fingerprint density at radius 2 is 2.10 bits per heavy atom. The molecule has 0 amide bonds. The van der Waals surface area contributed by atoms with E-state index in [1.165, 1.54) is 6.07 Å². The molecule has 0 fully saturated rings. The number of carboxylic acids is 1. The highest BCUT2D eigenvalue weighted by molar-refractivity contribution is 5.72. The maximum absolute atomic E-state index is 14.0. The van der Waals surface area contributed by atoms with Gasteiger partial charge in [0.1, 0.15) is 0 Å². The fourth-order valence-corrected chi connectivity index (χ4v) is 1.82. The van der Waals surface area contributed by atoms with Gasteiger partial charge in [-0.15, -0.1) is 0 Å². The van der Waals surface area contributed by atoms with E-state index in [2.05, 4.69) is 5.32 Å². The Hall–Kier alpha value is -1.62. The minimum absolute atomic E-state index is 0.0232. The van der Waals surface area contributed by atoms with Crippen molar-refractivity contribution in [2.75, 3.05) is 0 Å². The Kier molecular flexibility index (Phi) is 6.15. The number of carboxylic acid groups (broad SMARTS) is 1. The smallest absolute Gasteiger partial charge is 0.344 e. The van der Waals surface area contributed by atoms with Crippen molar-refractivity contribution in [2.24, 2.45) is 0 Å². The second-order valence-electron chi connectivity index (χ2n) is 6.07. The number of hydrogen-bond donors (Lipinski definition) is 2. The van der Waals surface area contributed by atoms with Gasteiger partial charge >= 0.3 is 5.97 Å². The SMILES string of the molecule is CCCC(Oc1c(F)cccc1CNC(C)(C)C)C(=O)O. The number of benzene rings is 1. The summed E-state index contributed by atoms with van der Waals surface area (Å²) in [6, 6.07) is 4.61. The lowest BCUT2D eigenvalue weighted by Crippen LogP contribution is -2.35. The molecule has 0 saturated heterocycles. The predicted molar refractivity (Wildman–Crippen MR) is 80.0 cm³/mol. The van der Waals surface area contributed by atoms with Crippen LogP contribution in [-0.2, 0) is 11.3 Å². The van der Waals surface area contributed by atoms with Crippen molar-refractivity contribution in [3.63, 3.8) is 0 Å². The van der Waals surface area contributed by atoms with Crippen LogP contribution < -0.4 is 10.1 Å². The molecule has 0 spiro atoms. The number of carbonyl (C=O) groups is 1. The summed E-state index contributed by atoms with van der Waals surface area (Å²) in [6.07, 6.45) is -0.0307. The molecule has 0 radical (unpaired) electrons. The van der Waals surface area contributed by atoms with E-state index >= 15 is 0 Å². The van der Waals surface area contributed by atoms with E-state index in [4.69, 9.17) is 9.84 Å². The summed E-state index contributed by atoms with van der Waals surface area (Å²) in [5.41, 5.74) is 0.492. The largest absolute Gasteiger partial charge is 0.479 e.